The lowest BCUT2D eigenvalue weighted by Gasteiger charge is -2.34. The predicted octanol–water partition coefficient (Wildman–Crippen LogP) is 3.23. The van der Waals surface area contributed by atoms with Crippen molar-refractivity contribution < 1.29 is 4.79 Å². The van der Waals surface area contributed by atoms with Crippen molar-refractivity contribution >= 4 is 11.6 Å². The third-order valence-corrected chi connectivity index (χ3v) is 5.91. The molecule has 1 aliphatic rings. The molecule has 0 radical (unpaired) electrons. The number of benzene rings is 2. The van der Waals surface area contributed by atoms with Gasteiger partial charge in [0, 0.05) is 49.7 Å². The first-order valence-corrected chi connectivity index (χ1v) is 10.9. The van der Waals surface area contributed by atoms with E-state index < -0.39 is 0 Å². The summed E-state index contributed by atoms with van der Waals surface area (Å²) < 4.78 is 1.98. The minimum Gasteiger partial charge on any atom is -0.369 e. The fourth-order valence-corrected chi connectivity index (χ4v) is 3.94. The summed E-state index contributed by atoms with van der Waals surface area (Å²) in [5.41, 5.74) is 6.31. The Morgan fingerprint density at radius 2 is 1.58 bits per heavy atom. The molecule has 0 unspecified atom stereocenters. The van der Waals surface area contributed by atoms with Crippen LogP contribution in [0.3, 0.4) is 0 Å². The maximum atomic E-state index is 12.5. The van der Waals surface area contributed by atoms with Crippen LogP contribution in [0, 0.1) is 13.8 Å². The van der Waals surface area contributed by atoms with Crippen LogP contribution < -0.4 is 10.2 Å². The highest BCUT2D eigenvalue weighted by Crippen LogP contribution is 2.17. The zero-order valence-electron chi connectivity index (χ0n) is 18.6. The standard InChI is InChI=1S/C25H31N5O/c1-19-16-20(2)30(27-19)18-22-4-8-23(9-5-22)25(31)26-17-21-6-10-24(11-7-21)29-14-12-28(3)13-15-29/h4-11,16H,12-15,17-18H2,1-3H3,(H,26,31). The van der Waals surface area contributed by atoms with E-state index in [1.807, 2.05) is 35.9 Å². The van der Waals surface area contributed by atoms with Crippen molar-refractivity contribution in [2.45, 2.75) is 26.9 Å². The van der Waals surface area contributed by atoms with Gasteiger partial charge in [-0.2, -0.15) is 5.10 Å². The molecule has 1 fully saturated rings. The summed E-state index contributed by atoms with van der Waals surface area (Å²) in [7, 11) is 2.16. The third-order valence-electron chi connectivity index (χ3n) is 5.91. The van der Waals surface area contributed by atoms with E-state index in [0.717, 1.165) is 48.7 Å². The van der Waals surface area contributed by atoms with E-state index in [0.29, 0.717) is 18.7 Å². The lowest BCUT2D eigenvalue weighted by atomic mass is 10.1. The van der Waals surface area contributed by atoms with Gasteiger partial charge in [0.2, 0.25) is 0 Å². The molecular formula is C25H31N5O. The highest BCUT2D eigenvalue weighted by molar-refractivity contribution is 5.94. The number of aromatic nitrogens is 2. The highest BCUT2D eigenvalue weighted by atomic mass is 16.1. The van der Waals surface area contributed by atoms with E-state index in [2.05, 4.69) is 64.5 Å². The van der Waals surface area contributed by atoms with Crippen molar-refractivity contribution in [2.24, 2.45) is 0 Å². The van der Waals surface area contributed by atoms with E-state index in [-0.39, 0.29) is 5.91 Å². The first-order chi connectivity index (χ1) is 15.0. The van der Waals surface area contributed by atoms with E-state index in [1.165, 1.54) is 5.69 Å². The molecule has 1 N–H and O–H groups in total. The van der Waals surface area contributed by atoms with Gasteiger partial charge in [-0.15, -0.1) is 0 Å². The van der Waals surface area contributed by atoms with Gasteiger partial charge in [0.1, 0.15) is 0 Å². The van der Waals surface area contributed by atoms with E-state index in [4.69, 9.17) is 0 Å². The van der Waals surface area contributed by atoms with Crippen LogP contribution in [0.15, 0.2) is 54.6 Å². The van der Waals surface area contributed by atoms with Gasteiger partial charge in [-0.05, 0) is 62.4 Å². The quantitative estimate of drug-likeness (QED) is 0.669. The highest BCUT2D eigenvalue weighted by Gasteiger charge is 2.14. The van der Waals surface area contributed by atoms with Gasteiger partial charge in [-0.1, -0.05) is 24.3 Å². The number of hydrogen-bond acceptors (Lipinski definition) is 4. The molecule has 6 heteroatoms. The summed E-state index contributed by atoms with van der Waals surface area (Å²) in [6.07, 6.45) is 0. The number of anilines is 1. The Bertz CT molecular complexity index is 1020. The summed E-state index contributed by atoms with van der Waals surface area (Å²) >= 11 is 0. The number of piperazine rings is 1. The number of rotatable bonds is 6. The number of hydrogen-bond donors (Lipinski definition) is 1. The van der Waals surface area contributed by atoms with Crippen LogP contribution in [0.2, 0.25) is 0 Å². The molecule has 1 amide bonds. The van der Waals surface area contributed by atoms with Crippen molar-refractivity contribution in [3.8, 4) is 0 Å². The topological polar surface area (TPSA) is 53.4 Å². The Labute approximate surface area is 184 Å². The summed E-state index contributed by atoms with van der Waals surface area (Å²) in [4.78, 5) is 17.3. The first kappa shape index (κ1) is 21.1. The van der Waals surface area contributed by atoms with Gasteiger partial charge >= 0.3 is 0 Å². The monoisotopic (exact) mass is 417 g/mol. The summed E-state index contributed by atoms with van der Waals surface area (Å²) in [5.74, 6) is -0.0548. The molecule has 0 spiro atoms. The second-order valence-corrected chi connectivity index (χ2v) is 8.42. The van der Waals surface area contributed by atoms with Crippen LogP contribution in [0.1, 0.15) is 32.9 Å². The van der Waals surface area contributed by atoms with E-state index in [1.54, 1.807) is 0 Å². The van der Waals surface area contributed by atoms with E-state index >= 15 is 0 Å². The Hall–Kier alpha value is -3.12. The molecule has 2 aromatic carbocycles. The maximum absolute atomic E-state index is 12.5. The molecule has 2 heterocycles. The fraction of sp³-hybridized carbons (Fsp3) is 0.360. The van der Waals surface area contributed by atoms with Gasteiger partial charge in [-0.25, -0.2) is 0 Å². The molecule has 0 atom stereocenters. The zero-order valence-corrected chi connectivity index (χ0v) is 18.6. The van der Waals surface area contributed by atoms with E-state index in [9.17, 15) is 4.79 Å². The maximum Gasteiger partial charge on any atom is 0.251 e. The summed E-state index contributed by atoms with van der Waals surface area (Å²) in [5, 5.41) is 7.52. The molecule has 0 bridgehead atoms. The number of nitrogens with zero attached hydrogens (tertiary/aromatic N) is 4. The predicted molar refractivity (Wildman–Crippen MR) is 125 cm³/mol. The number of amides is 1. The molecule has 3 aromatic rings. The van der Waals surface area contributed by atoms with Crippen molar-refractivity contribution in [3.05, 3.63) is 82.7 Å². The van der Waals surface area contributed by atoms with Crippen LogP contribution in [-0.2, 0) is 13.1 Å². The SMILES string of the molecule is Cc1cc(C)n(Cc2ccc(C(=O)NCc3ccc(N4CCN(C)CC4)cc3)cc2)n1. The van der Waals surface area contributed by atoms with Crippen LogP contribution in [0.25, 0.3) is 0 Å². The number of likely N-dealkylation sites (N-methyl/N-ethyl adjacent to an activating group) is 1. The Morgan fingerprint density at radius 1 is 0.935 bits per heavy atom. The number of nitrogens with one attached hydrogen (secondary N) is 1. The lowest BCUT2D eigenvalue weighted by molar-refractivity contribution is 0.0951. The second-order valence-electron chi connectivity index (χ2n) is 8.42. The smallest absolute Gasteiger partial charge is 0.251 e. The van der Waals surface area contributed by atoms with Crippen molar-refractivity contribution in [1.29, 1.82) is 0 Å². The Kier molecular flexibility index (Phi) is 6.37. The molecule has 1 saturated heterocycles. The lowest BCUT2D eigenvalue weighted by Crippen LogP contribution is -2.44. The van der Waals surface area contributed by atoms with Crippen molar-refractivity contribution in [3.63, 3.8) is 0 Å². The largest absolute Gasteiger partial charge is 0.369 e. The third kappa shape index (κ3) is 5.33. The minimum absolute atomic E-state index is 0.0548. The van der Waals surface area contributed by atoms with Gasteiger partial charge in [0.25, 0.3) is 5.91 Å². The van der Waals surface area contributed by atoms with Crippen molar-refractivity contribution in [1.82, 2.24) is 20.0 Å². The Morgan fingerprint density at radius 3 is 2.19 bits per heavy atom. The molecule has 31 heavy (non-hydrogen) atoms. The number of carbonyl (C=O) groups excluding carboxylic acids is 1. The normalized spacial score (nSPS) is 14.6. The van der Waals surface area contributed by atoms with Crippen LogP contribution in [-0.4, -0.2) is 53.8 Å². The molecular weight excluding hydrogens is 386 g/mol. The molecule has 0 saturated carbocycles. The fourth-order valence-electron chi connectivity index (χ4n) is 3.94. The second kappa shape index (κ2) is 9.35. The van der Waals surface area contributed by atoms with Gasteiger partial charge < -0.3 is 15.1 Å². The molecule has 4 rings (SSSR count). The number of carbonyl (C=O) groups is 1. The van der Waals surface area contributed by atoms with Gasteiger partial charge in [0.15, 0.2) is 0 Å². The molecule has 1 aliphatic heterocycles. The van der Waals surface area contributed by atoms with Gasteiger partial charge in [0.05, 0.1) is 12.2 Å². The van der Waals surface area contributed by atoms with Crippen LogP contribution >= 0.6 is 0 Å². The average molecular weight is 418 g/mol. The van der Waals surface area contributed by atoms with Gasteiger partial charge in [-0.3, -0.25) is 9.48 Å². The number of aryl methyl sites for hydroxylation is 2. The van der Waals surface area contributed by atoms with Crippen LogP contribution in [0.5, 0.6) is 0 Å². The summed E-state index contributed by atoms with van der Waals surface area (Å²) in [6.45, 7) is 9.59. The molecule has 1 aromatic heterocycles. The Balaban J connectivity index is 1.29. The first-order valence-electron chi connectivity index (χ1n) is 10.9. The van der Waals surface area contributed by atoms with Crippen molar-refractivity contribution in [2.75, 3.05) is 38.1 Å². The minimum atomic E-state index is -0.0548. The molecule has 6 nitrogen and oxygen atoms in total. The zero-order chi connectivity index (χ0) is 21.8. The molecule has 0 aliphatic carbocycles. The summed E-state index contributed by atoms with van der Waals surface area (Å²) in [6, 6.07) is 18.3. The average Bonchev–Trinajstić information content (AvgIpc) is 3.10. The van der Waals surface area contributed by atoms with Crippen LogP contribution in [0.4, 0.5) is 5.69 Å². The molecule has 162 valence electrons.